The van der Waals surface area contributed by atoms with Crippen molar-refractivity contribution in [1.29, 1.82) is 0 Å². The van der Waals surface area contributed by atoms with Gasteiger partial charge in [0.05, 0.1) is 38.9 Å². The number of anilines is 6. The average Bonchev–Trinajstić information content (AvgIpc) is 3.96. The molecule has 17 heteroatoms. The van der Waals surface area contributed by atoms with Gasteiger partial charge in [0.25, 0.3) is 0 Å². The Morgan fingerprint density at radius 1 is 0.625 bits per heavy atom. The standard InChI is InChI=1S/C25H28N4O4S.C22H25N5O2S/c1-17-5-10-21(22(13-17)29-11-3-2-4-12-29)27-24(32)28-25-26-15-20(34-25)16-33-19-8-6-18(7-9-19)14-23(30)31;1-16-8-9-18(19(13-16)27-11-5-2-6-12-27)25-21(28)26-22-24-14-17(30-22)15-29-20-7-3-4-10-23-20/h5-10,13,15H,2-4,11-12,14,16H2,1H3,(H,30,31)(H2,26,27,28,32);3-4,7-10,13-14H,2,5-6,11-12,15H2,1H3,(H2,24,25,26,28). The van der Waals surface area contributed by atoms with Crippen LogP contribution in [0.4, 0.5) is 42.6 Å². The Balaban J connectivity index is 0.000000193. The molecular weight excluding hydrogens is 851 g/mol. The first kappa shape index (κ1) is 45.3. The zero-order chi connectivity index (χ0) is 44.7. The number of amides is 4. The fraction of sp³-hybridized carbons (Fsp3) is 0.319. The van der Waals surface area contributed by atoms with Crippen molar-refractivity contribution in [2.75, 3.05) is 57.2 Å². The number of nitrogens with zero attached hydrogens (tertiary/aromatic N) is 5. The van der Waals surface area contributed by atoms with Gasteiger partial charge in [-0.05, 0) is 112 Å². The molecule has 6 aromatic rings. The largest absolute Gasteiger partial charge is 0.488 e. The van der Waals surface area contributed by atoms with Gasteiger partial charge in [-0.3, -0.25) is 15.4 Å². The van der Waals surface area contributed by atoms with E-state index in [4.69, 9.17) is 14.6 Å². The molecule has 2 aliphatic rings. The third-order valence-corrected chi connectivity index (χ3v) is 12.2. The molecule has 0 saturated carbocycles. The zero-order valence-corrected chi connectivity index (χ0v) is 37.6. The topological polar surface area (TPSA) is 183 Å². The van der Waals surface area contributed by atoms with Crippen molar-refractivity contribution in [1.82, 2.24) is 15.0 Å². The Labute approximate surface area is 380 Å². The number of rotatable bonds is 14. The molecular formula is C47H53N9O6S2. The lowest BCUT2D eigenvalue weighted by molar-refractivity contribution is -0.136. The first-order chi connectivity index (χ1) is 31.1. The summed E-state index contributed by atoms with van der Waals surface area (Å²) in [7, 11) is 0. The molecule has 0 unspecified atom stereocenters. The predicted octanol–water partition coefficient (Wildman–Crippen LogP) is 10.4. The Bertz CT molecular complexity index is 2470. The van der Waals surface area contributed by atoms with E-state index >= 15 is 0 Å². The molecule has 5 heterocycles. The number of hydrogen-bond donors (Lipinski definition) is 5. The smallest absolute Gasteiger partial charge is 0.325 e. The molecule has 4 amide bonds. The third kappa shape index (κ3) is 13.6. The number of hydrogen-bond acceptors (Lipinski definition) is 12. The van der Waals surface area contributed by atoms with Gasteiger partial charge in [0.15, 0.2) is 10.3 Å². The number of piperidine rings is 2. The Hall–Kier alpha value is -6.72. The van der Waals surface area contributed by atoms with Crippen molar-refractivity contribution in [3.05, 3.63) is 124 Å². The summed E-state index contributed by atoms with van der Waals surface area (Å²) in [4.78, 5) is 55.1. The summed E-state index contributed by atoms with van der Waals surface area (Å²) in [5.74, 6) is 0.328. The second-order valence-corrected chi connectivity index (χ2v) is 17.7. The molecule has 0 aliphatic carbocycles. The maximum Gasteiger partial charge on any atom is 0.325 e. The molecule has 0 spiro atoms. The number of pyridine rings is 1. The van der Waals surface area contributed by atoms with Crippen LogP contribution in [0.3, 0.4) is 0 Å². The Morgan fingerprint density at radius 3 is 1.62 bits per heavy atom. The van der Waals surface area contributed by atoms with Crippen LogP contribution >= 0.6 is 22.7 Å². The van der Waals surface area contributed by atoms with Gasteiger partial charge < -0.3 is 35.0 Å². The second kappa shape index (κ2) is 22.6. The maximum absolute atomic E-state index is 12.7. The summed E-state index contributed by atoms with van der Waals surface area (Å²) in [5, 5.41) is 21.4. The number of nitrogens with one attached hydrogen (secondary N) is 4. The van der Waals surface area contributed by atoms with Gasteiger partial charge in [-0.2, -0.15) is 0 Å². The Morgan fingerprint density at radius 2 is 1.14 bits per heavy atom. The summed E-state index contributed by atoms with van der Waals surface area (Å²) in [6, 6.07) is 24.0. The SMILES string of the molecule is Cc1ccc(NC(=O)Nc2ncc(COc3ccc(CC(=O)O)cc3)s2)c(N2CCCCC2)c1.Cc1ccc(NC(=O)Nc2ncc(COc3ccccn3)s2)c(N2CCCCC2)c1. The summed E-state index contributed by atoms with van der Waals surface area (Å²) in [6.07, 6.45) is 12.2. The quantitative estimate of drug-likeness (QED) is 0.0701. The second-order valence-electron chi connectivity index (χ2n) is 15.5. The summed E-state index contributed by atoms with van der Waals surface area (Å²) in [5.41, 5.74) is 6.79. The predicted molar refractivity (Wildman–Crippen MR) is 255 cm³/mol. The number of carboxylic acids is 1. The van der Waals surface area contributed by atoms with E-state index in [1.807, 2.05) is 36.4 Å². The van der Waals surface area contributed by atoms with E-state index in [2.05, 4.69) is 72.0 Å². The highest BCUT2D eigenvalue weighted by Gasteiger charge is 2.19. The highest BCUT2D eigenvalue weighted by molar-refractivity contribution is 7.16. The molecule has 2 aliphatic heterocycles. The van der Waals surface area contributed by atoms with Gasteiger partial charge in [-0.15, -0.1) is 0 Å². The van der Waals surface area contributed by atoms with E-state index in [0.717, 1.165) is 77.1 Å². The van der Waals surface area contributed by atoms with Crippen molar-refractivity contribution in [3.8, 4) is 11.6 Å². The minimum Gasteiger partial charge on any atom is -0.488 e. The lowest BCUT2D eigenvalue weighted by atomic mass is 10.1. The third-order valence-electron chi connectivity index (χ3n) is 10.4. The molecule has 2 saturated heterocycles. The van der Waals surface area contributed by atoms with E-state index in [-0.39, 0.29) is 18.5 Å². The molecule has 5 N–H and O–H groups in total. The normalized spacial score (nSPS) is 13.5. The van der Waals surface area contributed by atoms with Gasteiger partial charge >= 0.3 is 18.0 Å². The molecule has 334 valence electrons. The van der Waals surface area contributed by atoms with Crippen molar-refractivity contribution >= 4 is 73.7 Å². The number of ether oxygens (including phenoxy) is 2. The van der Waals surface area contributed by atoms with E-state index in [1.54, 1.807) is 48.9 Å². The van der Waals surface area contributed by atoms with Crippen LogP contribution in [0.2, 0.25) is 0 Å². The van der Waals surface area contributed by atoms with Crippen molar-refractivity contribution in [3.63, 3.8) is 0 Å². The van der Waals surface area contributed by atoms with Crippen molar-refractivity contribution in [2.24, 2.45) is 0 Å². The number of carbonyl (C=O) groups is 3. The van der Waals surface area contributed by atoms with Crippen LogP contribution in [0, 0.1) is 13.8 Å². The highest BCUT2D eigenvalue weighted by atomic mass is 32.1. The zero-order valence-electron chi connectivity index (χ0n) is 36.0. The van der Waals surface area contributed by atoms with Gasteiger partial charge in [-0.25, -0.2) is 24.5 Å². The number of carbonyl (C=O) groups excluding carboxylic acids is 2. The molecule has 0 bridgehead atoms. The molecule has 0 radical (unpaired) electrons. The van der Waals surface area contributed by atoms with Gasteiger partial charge in [0.2, 0.25) is 5.88 Å². The summed E-state index contributed by atoms with van der Waals surface area (Å²) < 4.78 is 11.4. The fourth-order valence-corrected chi connectivity index (χ4v) is 8.70. The number of aromatic nitrogens is 3. The first-order valence-corrected chi connectivity index (χ1v) is 23.0. The summed E-state index contributed by atoms with van der Waals surface area (Å²) >= 11 is 2.72. The van der Waals surface area contributed by atoms with Gasteiger partial charge in [0, 0.05) is 50.8 Å². The van der Waals surface area contributed by atoms with Crippen LogP contribution in [-0.2, 0) is 24.4 Å². The molecule has 8 rings (SSSR count). The minimum atomic E-state index is -0.868. The number of benzene rings is 3. The van der Waals surface area contributed by atoms with E-state index in [0.29, 0.717) is 40.7 Å². The number of carboxylic acid groups (broad SMARTS) is 1. The van der Waals surface area contributed by atoms with Crippen LogP contribution in [0.5, 0.6) is 11.6 Å². The van der Waals surface area contributed by atoms with E-state index in [9.17, 15) is 14.4 Å². The number of aliphatic carboxylic acids is 1. The van der Waals surface area contributed by atoms with Crippen molar-refractivity contribution in [2.45, 2.75) is 72.0 Å². The Kier molecular flexibility index (Phi) is 16.0. The van der Waals surface area contributed by atoms with E-state index in [1.165, 1.54) is 53.9 Å². The monoisotopic (exact) mass is 903 g/mol. The first-order valence-electron chi connectivity index (χ1n) is 21.4. The highest BCUT2D eigenvalue weighted by Crippen LogP contribution is 2.32. The number of aryl methyl sites for hydroxylation is 2. The van der Waals surface area contributed by atoms with Crippen LogP contribution in [0.15, 0.2) is 97.5 Å². The average molecular weight is 904 g/mol. The lowest BCUT2D eigenvalue weighted by Gasteiger charge is -2.30. The number of urea groups is 2. The van der Waals surface area contributed by atoms with Gasteiger partial charge in [-0.1, -0.05) is 53.0 Å². The van der Waals surface area contributed by atoms with E-state index < -0.39 is 5.97 Å². The molecule has 0 atom stereocenters. The molecule has 64 heavy (non-hydrogen) atoms. The van der Waals surface area contributed by atoms with Crippen LogP contribution in [0.25, 0.3) is 0 Å². The number of thiazole rings is 2. The van der Waals surface area contributed by atoms with Crippen LogP contribution in [0.1, 0.15) is 65.0 Å². The molecule has 2 fully saturated rings. The molecule has 15 nitrogen and oxygen atoms in total. The van der Waals surface area contributed by atoms with Gasteiger partial charge in [0.1, 0.15) is 19.0 Å². The fourth-order valence-electron chi connectivity index (χ4n) is 7.26. The van der Waals surface area contributed by atoms with Crippen LogP contribution < -0.4 is 40.5 Å². The summed E-state index contributed by atoms with van der Waals surface area (Å²) in [6.45, 7) is 8.82. The van der Waals surface area contributed by atoms with Crippen molar-refractivity contribution < 1.29 is 29.0 Å². The minimum absolute atomic E-state index is 0.0195. The molecule has 3 aromatic carbocycles. The molecule has 3 aromatic heterocycles. The lowest BCUT2D eigenvalue weighted by Crippen LogP contribution is -2.31. The van der Waals surface area contributed by atoms with Crippen LogP contribution in [-0.4, -0.2) is 64.3 Å². The maximum atomic E-state index is 12.7.